The number of nitrogens with zero attached hydrogens (tertiary/aromatic N) is 1. The van der Waals surface area contributed by atoms with Crippen molar-refractivity contribution in [2.45, 2.75) is 52.6 Å². The Balaban J connectivity index is 2.38. The summed E-state index contributed by atoms with van der Waals surface area (Å²) in [6.07, 6.45) is 0.924. The van der Waals surface area contributed by atoms with Crippen LogP contribution in [-0.2, 0) is 4.79 Å². The number of aryl methyl sites for hydroxylation is 1. The lowest BCUT2D eigenvalue weighted by Crippen LogP contribution is -2.32. The van der Waals surface area contributed by atoms with Crippen molar-refractivity contribution in [3.05, 3.63) is 51.6 Å². The van der Waals surface area contributed by atoms with Crippen LogP contribution in [0.5, 0.6) is 0 Å². The highest BCUT2D eigenvalue weighted by molar-refractivity contribution is 6.35. The van der Waals surface area contributed by atoms with E-state index >= 15 is 4.39 Å². The molecular weight excluding hydrogens is 359 g/mol. The molecule has 26 heavy (non-hydrogen) atoms. The average Bonchev–Trinajstić information content (AvgIpc) is 2.99. The number of nitrogens with one attached hydrogen (secondary N) is 1. The van der Waals surface area contributed by atoms with Gasteiger partial charge in [0.25, 0.3) is 0 Å². The highest BCUT2D eigenvalue weighted by Crippen LogP contribution is 2.30. The minimum atomic E-state index is -0.683. The van der Waals surface area contributed by atoms with E-state index in [2.05, 4.69) is 10.5 Å². The van der Waals surface area contributed by atoms with Crippen molar-refractivity contribution < 1.29 is 18.5 Å². The van der Waals surface area contributed by atoms with Gasteiger partial charge in [-0.1, -0.05) is 29.7 Å². The lowest BCUT2D eigenvalue weighted by atomic mass is 9.97. The quantitative estimate of drug-likeness (QED) is 0.686. The van der Waals surface area contributed by atoms with Crippen LogP contribution in [0.2, 0.25) is 5.02 Å². The van der Waals surface area contributed by atoms with Crippen molar-refractivity contribution in [1.29, 1.82) is 0 Å². The second-order valence-corrected chi connectivity index (χ2v) is 6.82. The fraction of sp³-hybridized carbons (Fsp3) is 0.421. The highest BCUT2D eigenvalue weighted by Gasteiger charge is 2.26. The largest absolute Gasteiger partial charge is 0.361 e. The van der Waals surface area contributed by atoms with E-state index in [1.807, 2.05) is 13.8 Å². The first-order valence-electron chi connectivity index (χ1n) is 8.46. The molecular formula is C19H22ClFN2O3. The van der Waals surface area contributed by atoms with Crippen LogP contribution in [0, 0.1) is 12.7 Å². The second-order valence-electron chi connectivity index (χ2n) is 6.41. The van der Waals surface area contributed by atoms with E-state index < -0.39 is 11.6 Å². The van der Waals surface area contributed by atoms with Gasteiger partial charge in [0, 0.05) is 30.1 Å². The van der Waals surface area contributed by atoms with Crippen LogP contribution in [0.15, 0.2) is 22.7 Å². The molecule has 2 atom stereocenters. The van der Waals surface area contributed by atoms with Crippen molar-refractivity contribution in [3.8, 4) is 0 Å². The molecule has 0 saturated carbocycles. The average molecular weight is 381 g/mol. The van der Waals surface area contributed by atoms with Gasteiger partial charge in [-0.15, -0.1) is 0 Å². The number of Topliss-reactive ketones (excluding diaryl/α,β-unsaturated/α-hetero) is 1. The van der Waals surface area contributed by atoms with E-state index in [0.29, 0.717) is 24.2 Å². The van der Waals surface area contributed by atoms with Gasteiger partial charge in [0.2, 0.25) is 5.78 Å². The second kappa shape index (κ2) is 8.56. The fourth-order valence-corrected chi connectivity index (χ4v) is 3.14. The Labute approximate surface area is 156 Å². The highest BCUT2D eigenvalue weighted by atomic mass is 35.5. The first-order valence-corrected chi connectivity index (χ1v) is 8.83. The van der Waals surface area contributed by atoms with Crippen molar-refractivity contribution in [2.24, 2.45) is 0 Å². The maximum Gasteiger partial charge on any atom is 0.219 e. The molecule has 0 saturated heterocycles. The zero-order valence-corrected chi connectivity index (χ0v) is 16.0. The first-order chi connectivity index (χ1) is 12.2. The molecule has 0 spiro atoms. The predicted octanol–water partition coefficient (Wildman–Crippen LogP) is 4.41. The summed E-state index contributed by atoms with van der Waals surface area (Å²) in [7, 11) is 0. The molecule has 1 heterocycles. The Kier molecular flexibility index (Phi) is 6.67. The topological polar surface area (TPSA) is 72.2 Å². The molecule has 0 radical (unpaired) electrons. The fourth-order valence-electron chi connectivity index (χ4n) is 2.91. The van der Waals surface area contributed by atoms with E-state index in [4.69, 9.17) is 16.1 Å². The maximum atomic E-state index is 15.2. The minimum Gasteiger partial charge on any atom is -0.361 e. The van der Waals surface area contributed by atoms with Crippen LogP contribution in [-0.4, -0.2) is 22.8 Å². The van der Waals surface area contributed by atoms with E-state index in [9.17, 15) is 9.59 Å². The lowest BCUT2D eigenvalue weighted by molar-refractivity contribution is -0.117. The number of ketones is 2. The summed E-state index contributed by atoms with van der Waals surface area (Å²) in [5.41, 5.74) is 0.110. The Morgan fingerprint density at radius 1 is 1.38 bits per heavy atom. The summed E-state index contributed by atoms with van der Waals surface area (Å²) in [5, 5.41) is 6.90. The summed E-state index contributed by atoms with van der Waals surface area (Å²) in [4.78, 5) is 23.9. The van der Waals surface area contributed by atoms with Gasteiger partial charge in [-0.3, -0.25) is 9.59 Å². The van der Waals surface area contributed by atoms with Crippen LogP contribution in [0.3, 0.4) is 0 Å². The van der Waals surface area contributed by atoms with E-state index in [-0.39, 0.29) is 34.1 Å². The number of halogens is 2. The monoisotopic (exact) mass is 380 g/mol. The predicted molar refractivity (Wildman–Crippen MR) is 97.0 cm³/mol. The molecule has 0 unspecified atom stereocenters. The molecule has 1 N–H and O–H groups in total. The molecule has 0 aliphatic heterocycles. The molecule has 1 aromatic carbocycles. The summed E-state index contributed by atoms with van der Waals surface area (Å²) >= 11 is 6.09. The van der Waals surface area contributed by atoms with Gasteiger partial charge < -0.3 is 9.84 Å². The van der Waals surface area contributed by atoms with Crippen LogP contribution >= 0.6 is 11.6 Å². The van der Waals surface area contributed by atoms with E-state index in [0.717, 1.165) is 0 Å². The number of carbonyl (C=O) groups excluding carboxylic acids is 2. The molecule has 140 valence electrons. The minimum absolute atomic E-state index is 0.00593. The van der Waals surface area contributed by atoms with Gasteiger partial charge in [-0.2, -0.15) is 0 Å². The summed E-state index contributed by atoms with van der Waals surface area (Å²) in [5.74, 6) is -0.809. The number of aromatic nitrogens is 1. The third-order valence-electron chi connectivity index (χ3n) is 4.07. The van der Waals surface area contributed by atoms with Crippen LogP contribution < -0.4 is 5.32 Å². The third-order valence-corrected chi connectivity index (χ3v) is 4.39. The smallest absolute Gasteiger partial charge is 0.219 e. The molecule has 2 aromatic rings. The molecule has 1 aromatic heterocycles. The Morgan fingerprint density at radius 2 is 2.08 bits per heavy atom. The van der Waals surface area contributed by atoms with Crippen molar-refractivity contribution in [1.82, 2.24) is 10.5 Å². The number of hydrogen-bond donors (Lipinski definition) is 1. The third kappa shape index (κ3) is 4.56. The van der Waals surface area contributed by atoms with Crippen LogP contribution in [0.25, 0.3) is 0 Å². The van der Waals surface area contributed by atoms with Crippen molar-refractivity contribution in [3.63, 3.8) is 0 Å². The van der Waals surface area contributed by atoms with Gasteiger partial charge in [-0.05, 0) is 33.3 Å². The van der Waals surface area contributed by atoms with Gasteiger partial charge in [-0.25, -0.2) is 4.39 Å². The van der Waals surface area contributed by atoms with E-state index in [1.165, 1.54) is 19.1 Å². The van der Waals surface area contributed by atoms with Gasteiger partial charge >= 0.3 is 0 Å². The standard InChI is InChI=1S/C19H22ClFN2O3/c1-5-15(22-10(2)8-11(3)24)13-6-7-14(20)17(18(13)21)19(25)16-9-12(4)26-23-16/h6-7,9-10,15,22H,5,8H2,1-4H3/t10-,15+/m0/s1. The first kappa shape index (κ1) is 20.3. The molecule has 0 aliphatic rings. The zero-order chi connectivity index (χ0) is 19.4. The number of rotatable bonds is 8. The molecule has 5 nitrogen and oxygen atoms in total. The van der Waals surface area contributed by atoms with Gasteiger partial charge in [0.15, 0.2) is 5.69 Å². The normalized spacial score (nSPS) is 13.5. The van der Waals surface area contributed by atoms with Crippen LogP contribution in [0.1, 0.15) is 67.0 Å². The summed E-state index contributed by atoms with van der Waals surface area (Å²) in [6, 6.07) is 4.02. The van der Waals surface area contributed by atoms with Gasteiger partial charge in [0.05, 0.1) is 10.6 Å². The van der Waals surface area contributed by atoms with Crippen molar-refractivity contribution in [2.75, 3.05) is 0 Å². The summed E-state index contributed by atoms with van der Waals surface area (Å²) < 4.78 is 20.1. The lowest BCUT2D eigenvalue weighted by Gasteiger charge is -2.23. The van der Waals surface area contributed by atoms with Crippen molar-refractivity contribution >= 4 is 23.2 Å². The van der Waals surface area contributed by atoms with E-state index in [1.54, 1.807) is 13.0 Å². The molecule has 0 amide bonds. The number of benzene rings is 1. The Bertz CT molecular complexity index is 819. The SMILES string of the molecule is CC[C@@H](N[C@@H](C)CC(C)=O)c1ccc(Cl)c(C(=O)c2cc(C)on2)c1F. The Hall–Kier alpha value is -2.05. The number of carbonyl (C=O) groups is 2. The molecule has 0 fully saturated rings. The van der Waals surface area contributed by atoms with Gasteiger partial charge in [0.1, 0.15) is 17.4 Å². The maximum absolute atomic E-state index is 15.2. The Morgan fingerprint density at radius 3 is 2.62 bits per heavy atom. The zero-order valence-electron chi connectivity index (χ0n) is 15.2. The number of hydrogen-bond acceptors (Lipinski definition) is 5. The summed E-state index contributed by atoms with van der Waals surface area (Å²) in [6.45, 7) is 6.92. The van der Waals surface area contributed by atoms with Crippen LogP contribution in [0.4, 0.5) is 4.39 Å². The molecule has 7 heteroatoms. The molecule has 0 aliphatic carbocycles. The molecule has 2 rings (SSSR count). The molecule has 0 bridgehead atoms.